The molecule has 5 nitrogen and oxygen atoms in total. The van der Waals surface area contributed by atoms with Gasteiger partial charge in [0.05, 0.1) is 12.7 Å². The van der Waals surface area contributed by atoms with E-state index in [1.165, 1.54) is 4.68 Å². The highest BCUT2D eigenvalue weighted by Crippen LogP contribution is 2.08. The Morgan fingerprint density at radius 3 is 2.79 bits per heavy atom. The first-order valence-corrected chi connectivity index (χ1v) is 6.39. The standard InChI is InChI=1S/C14H19N3O2/c1-10(2)15-8-12-4-5-13(19-12)9-17-14(18)6-11(3)7-16-17/h4-7,10,15H,8-9H2,1-3H3. The Morgan fingerprint density at radius 2 is 2.11 bits per heavy atom. The highest BCUT2D eigenvalue weighted by molar-refractivity contribution is 5.08. The van der Waals surface area contributed by atoms with E-state index in [-0.39, 0.29) is 5.56 Å². The molecular weight excluding hydrogens is 242 g/mol. The summed E-state index contributed by atoms with van der Waals surface area (Å²) < 4.78 is 7.06. The van der Waals surface area contributed by atoms with Gasteiger partial charge in [-0.2, -0.15) is 5.10 Å². The lowest BCUT2D eigenvalue weighted by Crippen LogP contribution is -2.22. The number of hydrogen-bond acceptors (Lipinski definition) is 4. The summed E-state index contributed by atoms with van der Waals surface area (Å²) in [6, 6.07) is 5.78. The van der Waals surface area contributed by atoms with Crippen molar-refractivity contribution in [3.63, 3.8) is 0 Å². The predicted molar refractivity (Wildman–Crippen MR) is 73.0 cm³/mol. The maximum atomic E-state index is 11.7. The summed E-state index contributed by atoms with van der Waals surface area (Å²) in [5.41, 5.74) is 0.751. The first-order valence-electron chi connectivity index (χ1n) is 6.39. The fraction of sp³-hybridized carbons (Fsp3) is 0.429. The van der Waals surface area contributed by atoms with Gasteiger partial charge in [-0.05, 0) is 24.6 Å². The second kappa shape index (κ2) is 5.84. The van der Waals surface area contributed by atoms with Crippen LogP contribution >= 0.6 is 0 Å². The fourth-order valence-electron chi connectivity index (χ4n) is 1.70. The van der Waals surface area contributed by atoms with E-state index in [2.05, 4.69) is 24.3 Å². The third-order valence-electron chi connectivity index (χ3n) is 2.71. The van der Waals surface area contributed by atoms with E-state index in [9.17, 15) is 4.79 Å². The topological polar surface area (TPSA) is 60.1 Å². The molecule has 0 aliphatic heterocycles. The van der Waals surface area contributed by atoms with E-state index in [1.54, 1.807) is 12.3 Å². The highest BCUT2D eigenvalue weighted by Gasteiger charge is 2.05. The molecule has 0 fully saturated rings. The van der Waals surface area contributed by atoms with Gasteiger partial charge in [-0.3, -0.25) is 4.79 Å². The smallest absolute Gasteiger partial charge is 0.267 e. The molecule has 0 atom stereocenters. The number of nitrogens with zero attached hydrogens (tertiary/aromatic N) is 2. The lowest BCUT2D eigenvalue weighted by molar-refractivity contribution is 0.417. The molecule has 19 heavy (non-hydrogen) atoms. The number of furan rings is 1. The number of aryl methyl sites for hydroxylation is 1. The molecule has 0 spiro atoms. The zero-order chi connectivity index (χ0) is 13.8. The molecular formula is C14H19N3O2. The minimum Gasteiger partial charge on any atom is -0.463 e. The molecule has 0 saturated heterocycles. The fourth-order valence-corrected chi connectivity index (χ4v) is 1.70. The molecule has 0 unspecified atom stereocenters. The average molecular weight is 261 g/mol. The minimum atomic E-state index is -0.113. The first-order chi connectivity index (χ1) is 9.04. The Bertz CT molecular complexity index is 599. The summed E-state index contributed by atoms with van der Waals surface area (Å²) in [6.07, 6.45) is 1.67. The Balaban J connectivity index is 2.05. The van der Waals surface area contributed by atoms with E-state index < -0.39 is 0 Å². The van der Waals surface area contributed by atoms with Gasteiger partial charge >= 0.3 is 0 Å². The number of aromatic nitrogens is 2. The zero-order valence-corrected chi connectivity index (χ0v) is 11.5. The summed E-state index contributed by atoms with van der Waals surface area (Å²) >= 11 is 0. The second-order valence-corrected chi connectivity index (χ2v) is 4.93. The maximum Gasteiger partial charge on any atom is 0.267 e. The van der Waals surface area contributed by atoms with Gasteiger partial charge < -0.3 is 9.73 Å². The van der Waals surface area contributed by atoms with Gasteiger partial charge in [0.1, 0.15) is 18.1 Å². The summed E-state index contributed by atoms with van der Waals surface area (Å²) in [5, 5.41) is 7.37. The van der Waals surface area contributed by atoms with E-state index in [0.717, 1.165) is 17.1 Å². The number of nitrogens with one attached hydrogen (secondary N) is 1. The molecule has 0 aliphatic rings. The molecule has 0 aromatic carbocycles. The highest BCUT2D eigenvalue weighted by atomic mass is 16.3. The molecule has 2 heterocycles. The van der Waals surface area contributed by atoms with Crippen molar-refractivity contribution < 1.29 is 4.42 Å². The summed E-state index contributed by atoms with van der Waals surface area (Å²) in [4.78, 5) is 11.7. The normalized spacial score (nSPS) is 11.2. The Morgan fingerprint density at radius 1 is 1.37 bits per heavy atom. The van der Waals surface area contributed by atoms with Crippen LogP contribution in [0.5, 0.6) is 0 Å². The zero-order valence-electron chi connectivity index (χ0n) is 11.5. The third-order valence-corrected chi connectivity index (χ3v) is 2.71. The van der Waals surface area contributed by atoms with Crippen LogP contribution in [-0.4, -0.2) is 15.8 Å². The third kappa shape index (κ3) is 3.79. The molecule has 2 rings (SSSR count). The second-order valence-electron chi connectivity index (χ2n) is 4.93. The van der Waals surface area contributed by atoms with E-state index in [0.29, 0.717) is 19.1 Å². The van der Waals surface area contributed by atoms with Crippen LogP contribution < -0.4 is 10.9 Å². The van der Waals surface area contributed by atoms with Crippen molar-refractivity contribution in [3.8, 4) is 0 Å². The molecule has 2 aromatic rings. The molecule has 0 aliphatic carbocycles. The van der Waals surface area contributed by atoms with Gasteiger partial charge in [-0.25, -0.2) is 4.68 Å². The van der Waals surface area contributed by atoms with Gasteiger partial charge in [0.15, 0.2) is 0 Å². The van der Waals surface area contributed by atoms with Crippen molar-refractivity contribution in [2.45, 2.75) is 39.9 Å². The van der Waals surface area contributed by atoms with E-state index in [4.69, 9.17) is 4.42 Å². The van der Waals surface area contributed by atoms with Crippen LogP contribution in [0.25, 0.3) is 0 Å². The maximum absolute atomic E-state index is 11.7. The van der Waals surface area contributed by atoms with Crippen molar-refractivity contribution in [1.29, 1.82) is 0 Å². The van der Waals surface area contributed by atoms with Crippen LogP contribution in [0.1, 0.15) is 30.9 Å². The molecule has 5 heteroatoms. The van der Waals surface area contributed by atoms with Gasteiger partial charge in [0.2, 0.25) is 0 Å². The Labute approximate surface area is 112 Å². The van der Waals surface area contributed by atoms with Crippen LogP contribution in [0.15, 0.2) is 33.6 Å². The molecule has 2 aromatic heterocycles. The van der Waals surface area contributed by atoms with Crippen molar-refractivity contribution in [2.24, 2.45) is 0 Å². The molecule has 1 N–H and O–H groups in total. The first kappa shape index (κ1) is 13.5. The monoisotopic (exact) mass is 261 g/mol. The van der Waals surface area contributed by atoms with Crippen molar-refractivity contribution >= 4 is 0 Å². The summed E-state index contributed by atoms with van der Waals surface area (Å²) in [6.45, 7) is 7.06. The van der Waals surface area contributed by atoms with Crippen LogP contribution in [-0.2, 0) is 13.1 Å². The average Bonchev–Trinajstić information content (AvgIpc) is 2.78. The van der Waals surface area contributed by atoms with E-state index in [1.807, 2.05) is 19.1 Å². The quantitative estimate of drug-likeness (QED) is 0.889. The van der Waals surface area contributed by atoms with Gasteiger partial charge in [-0.15, -0.1) is 0 Å². The van der Waals surface area contributed by atoms with Gasteiger partial charge in [0, 0.05) is 12.1 Å². The number of hydrogen-bond donors (Lipinski definition) is 1. The van der Waals surface area contributed by atoms with Crippen molar-refractivity contribution in [1.82, 2.24) is 15.1 Å². The molecule has 0 bridgehead atoms. The molecule has 0 saturated carbocycles. The minimum absolute atomic E-state index is 0.113. The molecule has 102 valence electrons. The Hall–Kier alpha value is -1.88. The van der Waals surface area contributed by atoms with Crippen molar-refractivity contribution in [2.75, 3.05) is 0 Å². The lowest BCUT2D eigenvalue weighted by Gasteiger charge is -2.05. The predicted octanol–water partition coefficient (Wildman–Crippen LogP) is 1.69. The largest absolute Gasteiger partial charge is 0.463 e. The molecule has 0 radical (unpaired) electrons. The lowest BCUT2D eigenvalue weighted by atomic mass is 10.3. The van der Waals surface area contributed by atoms with E-state index >= 15 is 0 Å². The SMILES string of the molecule is Cc1cnn(Cc2ccc(CNC(C)C)o2)c(=O)c1. The Kier molecular flexibility index (Phi) is 4.16. The summed E-state index contributed by atoms with van der Waals surface area (Å²) in [7, 11) is 0. The summed E-state index contributed by atoms with van der Waals surface area (Å²) in [5.74, 6) is 1.60. The van der Waals surface area contributed by atoms with Crippen LogP contribution in [0.4, 0.5) is 0 Å². The molecule has 0 amide bonds. The van der Waals surface area contributed by atoms with Crippen molar-refractivity contribution in [3.05, 3.63) is 51.8 Å². The van der Waals surface area contributed by atoms with Crippen LogP contribution in [0.2, 0.25) is 0 Å². The van der Waals surface area contributed by atoms with Crippen LogP contribution in [0, 0.1) is 6.92 Å². The number of rotatable bonds is 5. The van der Waals surface area contributed by atoms with Crippen LogP contribution in [0.3, 0.4) is 0 Å². The van der Waals surface area contributed by atoms with Gasteiger partial charge in [-0.1, -0.05) is 13.8 Å². The van der Waals surface area contributed by atoms with Gasteiger partial charge in [0.25, 0.3) is 5.56 Å².